The van der Waals surface area contributed by atoms with Crippen molar-refractivity contribution in [3.05, 3.63) is 0 Å². The lowest BCUT2D eigenvalue weighted by atomic mass is 10.4. The van der Waals surface area contributed by atoms with Crippen LogP contribution in [0.15, 0.2) is 0 Å². The summed E-state index contributed by atoms with van der Waals surface area (Å²) < 4.78 is 0. The Bertz CT molecular complexity index is 69.1. The molecule has 0 aliphatic heterocycles. The van der Waals surface area contributed by atoms with Crippen LogP contribution in [0.25, 0.3) is 0 Å². The standard InChI is InChI=1S/C5H13NO3/c1-5(8,9)6-3-2-4-7/h6-9H,2-4H2,1H3. The highest BCUT2D eigenvalue weighted by molar-refractivity contribution is 4.52. The Labute approximate surface area is 54.1 Å². The number of rotatable bonds is 4. The van der Waals surface area contributed by atoms with Crippen LogP contribution < -0.4 is 5.32 Å². The van der Waals surface area contributed by atoms with Gasteiger partial charge in [-0.15, -0.1) is 0 Å². The first-order chi connectivity index (χ1) is 4.06. The molecule has 0 radical (unpaired) electrons. The van der Waals surface area contributed by atoms with Gasteiger partial charge in [-0.05, 0) is 6.42 Å². The lowest BCUT2D eigenvalue weighted by molar-refractivity contribution is -0.169. The maximum absolute atomic E-state index is 8.61. The minimum atomic E-state index is -1.81. The van der Waals surface area contributed by atoms with Gasteiger partial charge in [0.25, 0.3) is 0 Å². The maximum atomic E-state index is 8.61. The van der Waals surface area contributed by atoms with Crippen molar-refractivity contribution in [3.8, 4) is 0 Å². The number of hydrogen-bond donors (Lipinski definition) is 4. The lowest BCUT2D eigenvalue weighted by Crippen LogP contribution is -2.42. The van der Waals surface area contributed by atoms with Crippen molar-refractivity contribution in [2.45, 2.75) is 19.3 Å². The molecule has 0 spiro atoms. The van der Waals surface area contributed by atoms with Crippen LogP contribution in [0.4, 0.5) is 0 Å². The molecule has 0 aromatic carbocycles. The molecule has 0 aromatic rings. The summed E-state index contributed by atoms with van der Waals surface area (Å²) in [5.74, 6) is -1.81. The molecule has 0 atom stereocenters. The van der Waals surface area contributed by atoms with E-state index in [1.807, 2.05) is 0 Å². The van der Waals surface area contributed by atoms with Crippen LogP contribution in [0.3, 0.4) is 0 Å². The van der Waals surface area contributed by atoms with Crippen LogP contribution in [0.5, 0.6) is 0 Å². The van der Waals surface area contributed by atoms with E-state index in [2.05, 4.69) is 5.32 Å². The number of aliphatic hydroxyl groups is 3. The quantitative estimate of drug-likeness (QED) is 0.283. The van der Waals surface area contributed by atoms with E-state index < -0.39 is 5.91 Å². The molecular formula is C5H13NO3. The molecule has 0 heterocycles. The van der Waals surface area contributed by atoms with Crippen molar-refractivity contribution in [2.75, 3.05) is 13.2 Å². The molecule has 0 aromatic heterocycles. The van der Waals surface area contributed by atoms with Gasteiger partial charge in [0.1, 0.15) is 0 Å². The van der Waals surface area contributed by atoms with Crippen molar-refractivity contribution in [1.82, 2.24) is 5.32 Å². The second-order valence-electron chi connectivity index (χ2n) is 2.02. The van der Waals surface area contributed by atoms with E-state index in [1.165, 1.54) is 6.92 Å². The van der Waals surface area contributed by atoms with Crippen molar-refractivity contribution in [3.63, 3.8) is 0 Å². The smallest absolute Gasteiger partial charge is 0.219 e. The van der Waals surface area contributed by atoms with E-state index in [1.54, 1.807) is 0 Å². The van der Waals surface area contributed by atoms with Crippen molar-refractivity contribution >= 4 is 0 Å². The lowest BCUT2D eigenvalue weighted by Gasteiger charge is -2.16. The molecule has 0 rings (SSSR count). The summed E-state index contributed by atoms with van der Waals surface area (Å²) in [5, 5.41) is 27.8. The summed E-state index contributed by atoms with van der Waals surface area (Å²) in [6.07, 6.45) is 0.525. The van der Waals surface area contributed by atoms with Crippen LogP contribution in [0.1, 0.15) is 13.3 Å². The average Bonchev–Trinajstić information content (AvgIpc) is 1.63. The highest BCUT2D eigenvalue weighted by atomic mass is 16.5. The fourth-order valence-corrected chi connectivity index (χ4v) is 0.404. The van der Waals surface area contributed by atoms with E-state index in [9.17, 15) is 0 Å². The second kappa shape index (κ2) is 3.79. The van der Waals surface area contributed by atoms with Gasteiger partial charge in [0.05, 0.1) is 0 Å². The molecule has 0 unspecified atom stereocenters. The Balaban J connectivity index is 3.07. The summed E-state index contributed by atoms with van der Waals surface area (Å²) in [6.45, 7) is 1.69. The van der Waals surface area contributed by atoms with Crippen LogP contribution >= 0.6 is 0 Å². The zero-order valence-electron chi connectivity index (χ0n) is 5.46. The van der Waals surface area contributed by atoms with Crippen LogP contribution in [0, 0.1) is 0 Å². The molecule has 4 heteroatoms. The third kappa shape index (κ3) is 7.84. The van der Waals surface area contributed by atoms with Gasteiger partial charge in [-0.1, -0.05) is 0 Å². The number of aliphatic hydroxyl groups excluding tert-OH is 1. The summed E-state index contributed by atoms with van der Waals surface area (Å²) in [4.78, 5) is 0. The topological polar surface area (TPSA) is 72.7 Å². The SMILES string of the molecule is CC(O)(O)NCCCO. The Morgan fingerprint density at radius 3 is 2.33 bits per heavy atom. The van der Waals surface area contributed by atoms with Crippen molar-refractivity contribution in [2.24, 2.45) is 0 Å². The molecular weight excluding hydrogens is 122 g/mol. The zero-order chi connectivity index (χ0) is 7.33. The van der Waals surface area contributed by atoms with Gasteiger partial charge in [0.15, 0.2) is 0 Å². The fourth-order valence-electron chi connectivity index (χ4n) is 0.404. The third-order valence-electron chi connectivity index (χ3n) is 0.795. The molecule has 0 fully saturated rings. The van der Waals surface area contributed by atoms with Gasteiger partial charge < -0.3 is 15.3 Å². The highest BCUT2D eigenvalue weighted by Gasteiger charge is 2.11. The monoisotopic (exact) mass is 135 g/mol. The Kier molecular flexibility index (Phi) is 3.72. The minimum Gasteiger partial charge on any atom is -0.396 e. The van der Waals surface area contributed by atoms with E-state index in [0.717, 1.165) is 0 Å². The van der Waals surface area contributed by atoms with Gasteiger partial charge in [-0.25, -0.2) is 0 Å². The molecule has 4 N–H and O–H groups in total. The van der Waals surface area contributed by atoms with Crippen LogP contribution in [-0.4, -0.2) is 34.4 Å². The van der Waals surface area contributed by atoms with E-state index >= 15 is 0 Å². The van der Waals surface area contributed by atoms with Crippen LogP contribution in [0.2, 0.25) is 0 Å². The average molecular weight is 135 g/mol. The number of nitrogens with one attached hydrogen (secondary N) is 1. The Morgan fingerprint density at radius 2 is 2.00 bits per heavy atom. The number of hydrogen-bond acceptors (Lipinski definition) is 4. The maximum Gasteiger partial charge on any atom is 0.219 e. The van der Waals surface area contributed by atoms with E-state index in [0.29, 0.717) is 13.0 Å². The van der Waals surface area contributed by atoms with Gasteiger partial charge in [0, 0.05) is 20.1 Å². The molecule has 0 amide bonds. The summed E-state index contributed by atoms with van der Waals surface area (Å²) in [7, 11) is 0. The summed E-state index contributed by atoms with van der Waals surface area (Å²) in [5.41, 5.74) is 0. The van der Waals surface area contributed by atoms with Gasteiger partial charge in [-0.2, -0.15) is 0 Å². The molecule has 0 aliphatic rings. The van der Waals surface area contributed by atoms with Crippen LogP contribution in [-0.2, 0) is 0 Å². The molecule has 0 saturated heterocycles. The summed E-state index contributed by atoms with van der Waals surface area (Å²) in [6, 6.07) is 0. The van der Waals surface area contributed by atoms with Crippen molar-refractivity contribution < 1.29 is 15.3 Å². The fraction of sp³-hybridized carbons (Fsp3) is 1.00. The van der Waals surface area contributed by atoms with Gasteiger partial charge in [0.2, 0.25) is 5.91 Å². The molecule has 0 aliphatic carbocycles. The van der Waals surface area contributed by atoms with Gasteiger partial charge >= 0.3 is 0 Å². The zero-order valence-corrected chi connectivity index (χ0v) is 5.46. The largest absolute Gasteiger partial charge is 0.396 e. The Morgan fingerprint density at radius 1 is 1.44 bits per heavy atom. The molecule has 0 bridgehead atoms. The predicted molar refractivity (Wildman–Crippen MR) is 32.5 cm³/mol. The minimum absolute atomic E-state index is 0.0586. The molecule has 9 heavy (non-hydrogen) atoms. The summed E-state index contributed by atoms with van der Waals surface area (Å²) >= 11 is 0. The van der Waals surface area contributed by atoms with E-state index in [-0.39, 0.29) is 6.61 Å². The second-order valence-corrected chi connectivity index (χ2v) is 2.02. The van der Waals surface area contributed by atoms with E-state index in [4.69, 9.17) is 15.3 Å². The third-order valence-corrected chi connectivity index (χ3v) is 0.795. The first-order valence-electron chi connectivity index (χ1n) is 2.87. The molecule has 56 valence electrons. The molecule has 0 saturated carbocycles. The highest BCUT2D eigenvalue weighted by Crippen LogP contribution is 1.88. The molecule has 4 nitrogen and oxygen atoms in total. The van der Waals surface area contributed by atoms with Crippen molar-refractivity contribution in [1.29, 1.82) is 0 Å². The Hall–Kier alpha value is -0.160. The first-order valence-corrected chi connectivity index (χ1v) is 2.87. The predicted octanol–water partition coefficient (Wildman–Crippen LogP) is -1.38. The normalized spacial score (nSPS) is 12.0. The first kappa shape index (κ1) is 8.84. The van der Waals surface area contributed by atoms with Gasteiger partial charge in [-0.3, -0.25) is 5.32 Å².